The Morgan fingerprint density at radius 1 is 1.05 bits per heavy atom. The molecule has 6 heteroatoms. The molecule has 120 valence electrons. The standard InChI is InChI=1S/C15H26N2O4/c1-15(2,3)21-14(19)17-7-5-16(6-8-17)12-9-11(10-12)13(18)20-4/h11-12H,5-10H2,1-4H3/t11-,12+. The van der Waals surface area contributed by atoms with Gasteiger partial charge in [-0.25, -0.2) is 4.79 Å². The smallest absolute Gasteiger partial charge is 0.410 e. The van der Waals surface area contributed by atoms with Crippen LogP contribution in [0, 0.1) is 5.92 Å². The van der Waals surface area contributed by atoms with E-state index in [1.165, 1.54) is 7.11 Å². The SMILES string of the molecule is COC(=O)[C@H]1C[C@@H](N2CCN(C(=O)OC(C)(C)C)CC2)C1. The molecule has 0 aromatic carbocycles. The van der Waals surface area contributed by atoms with E-state index < -0.39 is 5.60 Å². The van der Waals surface area contributed by atoms with E-state index >= 15 is 0 Å². The molecule has 0 aromatic heterocycles. The Bertz CT molecular complexity index is 391. The van der Waals surface area contributed by atoms with Gasteiger partial charge in [0.25, 0.3) is 0 Å². The summed E-state index contributed by atoms with van der Waals surface area (Å²) in [5.41, 5.74) is -0.448. The summed E-state index contributed by atoms with van der Waals surface area (Å²) >= 11 is 0. The highest BCUT2D eigenvalue weighted by molar-refractivity contribution is 5.73. The summed E-state index contributed by atoms with van der Waals surface area (Å²) in [6, 6.07) is 0.454. The molecule has 1 aliphatic heterocycles. The Kier molecular flexibility index (Phi) is 4.76. The van der Waals surface area contributed by atoms with Crippen LogP contribution >= 0.6 is 0 Å². The van der Waals surface area contributed by atoms with E-state index in [1.54, 1.807) is 4.90 Å². The van der Waals surface area contributed by atoms with Gasteiger partial charge in [0.15, 0.2) is 0 Å². The highest BCUT2D eigenvalue weighted by atomic mass is 16.6. The second-order valence-electron chi connectivity index (χ2n) is 6.85. The van der Waals surface area contributed by atoms with Crippen molar-refractivity contribution in [2.75, 3.05) is 33.3 Å². The second kappa shape index (κ2) is 6.22. The molecule has 2 rings (SSSR count). The van der Waals surface area contributed by atoms with Crippen molar-refractivity contribution in [2.24, 2.45) is 5.92 Å². The van der Waals surface area contributed by atoms with Crippen molar-refractivity contribution in [3.8, 4) is 0 Å². The maximum atomic E-state index is 12.0. The molecule has 1 aliphatic carbocycles. The van der Waals surface area contributed by atoms with Crippen molar-refractivity contribution in [1.29, 1.82) is 0 Å². The topological polar surface area (TPSA) is 59.1 Å². The zero-order valence-electron chi connectivity index (χ0n) is 13.4. The van der Waals surface area contributed by atoms with E-state index in [2.05, 4.69) is 4.90 Å². The first-order chi connectivity index (χ1) is 9.80. The normalized spacial score (nSPS) is 27.0. The molecular weight excluding hydrogens is 272 g/mol. The number of piperazine rings is 1. The minimum atomic E-state index is -0.448. The molecule has 0 atom stereocenters. The fourth-order valence-corrected chi connectivity index (χ4v) is 2.84. The fourth-order valence-electron chi connectivity index (χ4n) is 2.84. The third-order valence-electron chi connectivity index (χ3n) is 4.13. The molecule has 1 amide bonds. The molecular formula is C15H26N2O4. The van der Waals surface area contributed by atoms with Crippen LogP contribution in [0.2, 0.25) is 0 Å². The van der Waals surface area contributed by atoms with Gasteiger partial charge in [0.05, 0.1) is 13.0 Å². The Hall–Kier alpha value is -1.30. The van der Waals surface area contributed by atoms with Gasteiger partial charge in [-0.3, -0.25) is 9.69 Å². The maximum absolute atomic E-state index is 12.0. The Balaban J connectivity index is 1.72. The zero-order valence-corrected chi connectivity index (χ0v) is 13.4. The number of ether oxygens (including phenoxy) is 2. The van der Waals surface area contributed by atoms with Gasteiger partial charge in [-0.05, 0) is 33.6 Å². The number of esters is 1. The number of amides is 1. The lowest BCUT2D eigenvalue weighted by Crippen LogP contribution is -2.56. The third-order valence-corrected chi connectivity index (χ3v) is 4.13. The first-order valence-electron chi connectivity index (χ1n) is 7.60. The van der Waals surface area contributed by atoms with Crippen LogP contribution in [0.5, 0.6) is 0 Å². The molecule has 1 saturated heterocycles. The maximum Gasteiger partial charge on any atom is 0.410 e. The Morgan fingerprint density at radius 3 is 2.10 bits per heavy atom. The minimum Gasteiger partial charge on any atom is -0.469 e. The van der Waals surface area contributed by atoms with Crippen molar-refractivity contribution in [3.05, 3.63) is 0 Å². The number of hydrogen-bond donors (Lipinski definition) is 0. The largest absolute Gasteiger partial charge is 0.469 e. The summed E-state index contributed by atoms with van der Waals surface area (Å²) in [5, 5.41) is 0. The molecule has 1 saturated carbocycles. The molecule has 0 unspecified atom stereocenters. The van der Waals surface area contributed by atoms with Crippen molar-refractivity contribution in [1.82, 2.24) is 9.80 Å². The number of hydrogen-bond acceptors (Lipinski definition) is 5. The monoisotopic (exact) mass is 298 g/mol. The van der Waals surface area contributed by atoms with Crippen molar-refractivity contribution in [2.45, 2.75) is 45.3 Å². The van der Waals surface area contributed by atoms with E-state index in [0.717, 1.165) is 25.9 Å². The van der Waals surface area contributed by atoms with Gasteiger partial charge in [0, 0.05) is 32.2 Å². The summed E-state index contributed by atoms with van der Waals surface area (Å²) in [7, 11) is 1.44. The van der Waals surface area contributed by atoms with Gasteiger partial charge >= 0.3 is 12.1 Å². The quantitative estimate of drug-likeness (QED) is 0.723. The highest BCUT2D eigenvalue weighted by Crippen LogP contribution is 2.33. The predicted molar refractivity (Wildman–Crippen MR) is 77.9 cm³/mol. The molecule has 1 heterocycles. The summed E-state index contributed by atoms with van der Waals surface area (Å²) in [4.78, 5) is 27.5. The summed E-state index contributed by atoms with van der Waals surface area (Å²) in [6.45, 7) is 8.70. The van der Waals surface area contributed by atoms with Crippen molar-refractivity contribution >= 4 is 12.1 Å². The molecule has 0 aromatic rings. The van der Waals surface area contributed by atoms with Gasteiger partial charge in [-0.1, -0.05) is 0 Å². The summed E-state index contributed by atoms with van der Waals surface area (Å²) in [6.07, 6.45) is 1.52. The van der Waals surface area contributed by atoms with Crippen LogP contribution in [0.25, 0.3) is 0 Å². The average Bonchev–Trinajstić information content (AvgIpc) is 2.35. The number of methoxy groups -OCH3 is 1. The molecule has 2 aliphatic rings. The molecule has 0 N–H and O–H groups in total. The fraction of sp³-hybridized carbons (Fsp3) is 0.867. The summed E-state index contributed by atoms with van der Waals surface area (Å²) in [5.74, 6) is -0.0393. The van der Waals surface area contributed by atoms with Crippen LogP contribution < -0.4 is 0 Å². The number of carbonyl (C=O) groups is 2. The van der Waals surface area contributed by atoms with Crippen LogP contribution in [0.1, 0.15) is 33.6 Å². The van der Waals surface area contributed by atoms with E-state index in [0.29, 0.717) is 19.1 Å². The molecule has 0 radical (unpaired) electrons. The van der Waals surface area contributed by atoms with E-state index in [9.17, 15) is 9.59 Å². The number of nitrogens with zero attached hydrogens (tertiary/aromatic N) is 2. The molecule has 0 bridgehead atoms. The summed E-state index contributed by atoms with van der Waals surface area (Å²) < 4.78 is 10.1. The first-order valence-corrected chi connectivity index (χ1v) is 7.60. The van der Waals surface area contributed by atoms with Crippen LogP contribution in [0.4, 0.5) is 4.79 Å². The van der Waals surface area contributed by atoms with Crippen LogP contribution in [-0.2, 0) is 14.3 Å². The molecule has 2 fully saturated rings. The molecule has 6 nitrogen and oxygen atoms in total. The van der Waals surface area contributed by atoms with E-state index in [1.807, 2.05) is 20.8 Å². The average molecular weight is 298 g/mol. The third kappa shape index (κ3) is 4.09. The van der Waals surface area contributed by atoms with E-state index in [4.69, 9.17) is 9.47 Å². The predicted octanol–water partition coefficient (Wildman–Crippen LogP) is 1.49. The minimum absolute atomic E-state index is 0.0592. The zero-order chi connectivity index (χ0) is 15.6. The van der Waals surface area contributed by atoms with Crippen LogP contribution in [0.15, 0.2) is 0 Å². The second-order valence-corrected chi connectivity index (χ2v) is 6.85. The van der Waals surface area contributed by atoms with Gasteiger partial charge in [-0.2, -0.15) is 0 Å². The first kappa shape index (κ1) is 16.1. The molecule has 0 spiro atoms. The van der Waals surface area contributed by atoms with Crippen molar-refractivity contribution < 1.29 is 19.1 Å². The van der Waals surface area contributed by atoms with Crippen molar-refractivity contribution in [3.63, 3.8) is 0 Å². The van der Waals surface area contributed by atoms with Gasteiger partial charge in [0.1, 0.15) is 5.60 Å². The van der Waals surface area contributed by atoms with Gasteiger partial charge in [-0.15, -0.1) is 0 Å². The van der Waals surface area contributed by atoms with Gasteiger partial charge in [0.2, 0.25) is 0 Å². The van der Waals surface area contributed by atoms with Crippen LogP contribution in [-0.4, -0.2) is 66.8 Å². The number of rotatable bonds is 2. The van der Waals surface area contributed by atoms with Crippen LogP contribution in [0.3, 0.4) is 0 Å². The lowest BCUT2D eigenvalue weighted by molar-refractivity contribution is -0.151. The lowest BCUT2D eigenvalue weighted by Gasteiger charge is -2.45. The molecule has 21 heavy (non-hydrogen) atoms. The number of carbonyl (C=O) groups excluding carboxylic acids is 2. The highest BCUT2D eigenvalue weighted by Gasteiger charge is 2.40. The Labute approximate surface area is 126 Å². The Morgan fingerprint density at radius 2 is 1.62 bits per heavy atom. The van der Waals surface area contributed by atoms with E-state index in [-0.39, 0.29) is 18.0 Å². The lowest BCUT2D eigenvalue weighted by atomic mass is 9.79. The van der Waals surface area contributed by atoms with Gasteiger partial charge < -0.3 is 14.4 Å².